The van der Waals surface area contributed by atoms with Crippen LogP contribution in [0.25, 0.3) is 0 Å². The number of hydrogen-bond donors (Lipinski definition) is 1. The molecule has 0 radical (unpaired) electrons. The monoisotopic (exact) mass is 311 g/mol. The maximum absolute atomic E-state index is 11.8. The molecule has 0 atom stereocenters. The van der Waals surface area contributed by atoms with Gasteiger partial charge in [-0.1, -0.05) is 15.9 Å². The van der Waals surface area contributed by atoms with Crippen molar-refractivity contribution in [1.29, 1.82) is 0 Å². The molecule has 86 valence electrons. The Hall–Kier alpha value is -1.46. The van der Waals surface area contributed by atoms with Crippen molar-refractivity contribution < 1.29 is 4.79 Å². The fraction of sp³-hybridized carbons (Fsp3) is 0. The van der Waals surface area contributed by atoms with Gasteiger partial charge in [0.15, 0.2) is 0 Å². The number of nitrogens with one attached hydrogen (secondary N) is 1. The van der Waals surface area contributed by atoms with Crippen LogP contribution in [0, 0.1) is 0 Å². The minimum Gasteiger partial charge on any atom is -0.306 e. The van der Waals surface area contributed by atoms with E-state index in [2.05, 4.69) is 31.2 Å². The number of anilines is 1. The quantitative estimate of drug-likeness (QED) is 0.867. The van der Waals surface area contributed by atoms with E-state index >= 15 is 0 Å². The number of benzene rings is 1. The fourth-order valence-corrected chi connectivity index (χ4v) is 1.61. The summed E-state index contributed by atoms with van der Waals surface area (Å²) < 4.78 is 0.916. The Balaban J connectivity index is 2.14. The zero-order chi connectivity index (χ0) is 12.3. The van der Waals surface area contributed by atoms with Crippen LogP contribution in [-0.4, -0.2) is 15.9 Å². The molecule has 6 heteroatoms. The minimum atomic E-state index is -0.243. The molecule has 0 fully saturated rings. The first-order valence-corrected chi connectivity index (χ1v) is 5.88. The molecule has 1 N–H and O–H groups in total. The molecule has 0 unspecified atom stereocenters. The van der Waals surface area contributed by atoms with Gasteiger partial charge in [0.05, 0.1) is 0 Å². The van der Waals surface area contributed by atoms with Crippen LogP contribution in [0.4, 0.5) is 5.82 Å². The van der Waals surface area contributed by atoms with Crippen LogP contribution in [0.2, 0.25) is 5.28 Å². The van der Waals surface area contributed by atoms with Crippen LogP contribution in [0.1, 0.15) is 10.4 Å². The molecule has 0 saturated heterocycles. The lowest BCUT2D eigenvalue weighted by Crippen LogP contribution is -2.12. The van der Waals surface area contributed by atoms with Crippen molar-refractivity contribution >= 4 is 39.3 Å². The van der Waals surface area contributed by atoms with Crippen molar-refractivity contribution in [3.05, 3.63) is 51.8 Å². The lowest BCUT2D eigenvalue weighted by atomic mass is 10.2. The summed E-state index contributed by atoms with van der Waals surface area (Å²) in [6, 6.07) is 8.58. The topological polar surface area (TPSA) is 54.9 Å². The van der Waals surface area contributed by atoms with E-state index in [0.29, 0.717) is 11.4 Å². The third-order valence-electron chi connectivity index (χ3n) is 1.97. The molecule has 1 amide bonds. The molecule has 2 aromatic rings. The van der Waals surface area contributed by atoms with Gasteiger partial charge in [-0.25, -0.2) is 9.97 Å². The van der Waals surface area contributed by atoms with E-state index in [-0.39, 0.29) is 11.2 Å². The largest absolute Gasteiger partial charge is 0.306 e. The Morgan fingerprint density at radius 3 is 2.59 bits per heavy atom. The van der Waals surface area contributed by atoms with E-state index in [1.807, 2.05) is 0 Å². The predicted molar refractivity (Wildman–Crippen MR) is 69.1 cm³/mol. The molecule has 1 aromatic heterocycles. The number of halogens is 2. The second-order valence-electron chi connectivity index (χ2n) is 3.17. The summed E-state index contributed by atoms with van der Waals surface area (Å²) in [6.45, 7) is 0. The molecule has 0 saturated carbocycles. The third-order valence-corrected chi connectivity index (χ3v) is 2.68. The number of aromatic nitrogens is 2. The summed E-state index contributed by atoms with van der Waals surface area (Å²) in [4.78, 5) is 19.4. The highest BCUT2D eigenvalue weighted by Gasteiger charge is 2.06. The number of rotatable bonds is 2. The maximum atomic E-state index is 11.8. The van der Waals surface area contributed by atoms with Crippen LogP contribution in [0.15, 0.2) is 41.0 Å². The van der Waals surface area contributed by atoms with Gasteiger partial charge >= 0.3 is 0 Å². The molecule has 0 bridgehead atoms. The normalized spacial score (nSPS) is 10.0. The Kier molecular flexibility index (Phi) is 3.71. The molecule has 1 heterocycles. The van der Waals surface area contributed by atoms with Crippen LogP contribution in [-0.2, 0) is 0 Å². The predicted octanol–water partition coefficient (Wildman–Crippen LogP) is 3.14. The average Bonchev–Trinajstić information content (AvgIpc) is 2.29. The number of amides is 1. The Morgan fingerprint density at radius 2 is 1.94 bits per heavy atom. The first-order valence-electron chi connectivity index (χ1n) is 4.70. The molecule has 0 aliphatic rings. The summed E-state index contributed by atoms with van der Waals surface area (Å²) >= 11 is 8.92. The summed E-state index contributed by atoms with van der Waals surface area (Å²) in [7, 11) is 0. The second kappa shape index (κ2) is 5.25. The average molecular weight is 313 g/mol. The molecule has 1 aromatic carbocycles. The van der Waals surface area contributed by atoms with Gasteiger partial charge in [0.2, 0.25) is 5.28 Å². The van der Waals surface area contributed by atoms with Crippen LogP contribution < -0.4 is 5.32 Å². The summed E-state index contributed by atoms with van der Waals surface area (Å²) in [5, 5.41) is 2.72. The Labute approximate surface area is 111 Å². The number of carbonyl (C=O) groups excluding carboxylic acids is 1. The van der Waals surface area contributed by atoms with Gasteiger partial charge in [-0.3, -0.25) is 4.79 Å². The van der Waals surface area contributed by atoms with Gasteiger partial charge in [0, 0.05) is 16.2 Å². The molecule has 4 nitrogen and oxygen atoms in total. The third kappa shape index (κ3) is 3.25. The van der Waals surface area contributed by atoms with Crippen molar-refractivity contribution in [3.63, 3.8) is 0 Å². The zero-order valence-corrected chi connectivity index (χ0v) is 10.9. The number of carbonyl (C=O) groups is 1. The number of hydrogen-bond acceptors (Lipinski definition) is 3. The van der Waals surface area contributed by atoms with Gasteiger partial charge in [-0.05, 0) is 41.9 Å². The van der Waals surface area contributed by atoms with E-state index in [4.69, 9.17) is 11.6 Å². The Bertz CT molecular complexity index is 545. The molecule has 0 aliphatic heterocycles. The second-order valence-corrected chi connectivity index (χ2v) is 4.43. The van der Waals surface area contributed by atoms with Crippen LogP contribution in [0.5, 0.6) is 0 Å². The van der Waals surface area contributed by atoms with Crippen LogP contribution in [0.3, 0.4) is 0 Å². The maximum Gasteiger partial charge on any atom is 0.256 e. The van der Waals surface area contributed by atoms with Crippen molar-refractivity contribution in [3.8, 4) is 0 Å². The molecule has 2 rings (SSSR count). The minimum absolute atomic E-state index is 0.0959. The Morgan fingerprint density at radius 1 is 1.24 bits per heavy atom. The highest BCUT2D eigenvalue weighted by atomic mass is 79.9. The number of nitrogens with zero attached hydrogens (tertiary/aromatic N) is 2. The van der Waals surface area contributed by atoms with Gasteiger partial charge in [-0.15, -0.1) is 0 Å². The van der Waals surface area contributed by atoms with Gasteiger partial charge in [-0.2, -0.15) is 0 Å². The SMILES string of the molecule is O=C(Nc1ccnc(Cl)n1)c1ccc(Br)cc1. The lowest BCUT2D eigenvalue weighted by molar-refractivity contribution is 0.102. The zero-order valence-electron chi connectivity index (χ0n) is 8.52. The van der Waals surface area contributed by atoms with Crippen molar-refractivity contribution in [2.45, 2.75) is 0 Å². The highest BCUT2D eigenvalue weighted by molar-refractivity contribution is 9.10. The summed E-state index contributed by atoms with van der Waals surface area (Å²) in [5.41, 5.74) is 0.544. The first kappa shape index (κ1) is 12.0. The summed E-state index contributed by atoms with van der Waals surface area (Å²) in [6.07, 6.45) is 1.48. The van der Waals surface area contributed by atoms with Gasteiger partial charge in [0.25, 0.3) is 5.91 Å². The summed E-state index contributed by atoms with van der Waals surface area (Å²) in [5.74, 6) is 0.130. The standard InChI is InChI=1S/C11H7BrClN3O/c12-8-3-1-7(2-4-8)10(17)15-9-5-6-14-11(13)16-9/h1-6H,(H,14,15,16,17). The van der Waals surface area contributed by atoms with Crippen molar-refractivity contribution in [1.82, 2.24) is 9.97 Å². The lowest BCUT2D eigenvalue weighted by Gasteiger charge is -2.04. The van der Waals surface area contributed by atoms with Gasteiger partial charge in [0.1, 0.15) is 5.82 Å². The molecule has 17 heavy (non-hydrogen) atoms. The van der Waals surface area contributed by atoms with E-state index in [1.54, 1.807) is 30.3 Å². The van der Waals surface area contributed by atoms with E-state index in [9.17, 15) is 4.79 Å². The highest BCUT2D eigenvalue weighted by Crippen LogP contribution is 2.12. The van der Waals surface area contributed by atoms with Crippen molar-refractivity contribution in [2.24, 2.45) is 0 Å². The molecular weight excluding hydrogens is 305 g/mol. The van der Waals surface area contributed by atoms with Crippen LogP contribution >= 0.6 is 27.5 Å². The smallest absolute Gasteiger partial charge is 0.256 e. The van der Waals surface area contributed by atoms with Gasteiger partial charge < -0.3 is 5.32 Å². The molecular formula is C11H7BrClN3O. The fourth-order valence-electron chi connectivity index (χ4n) is 1.19. The van der Waals surface area contributed by atoms with Crippen molar-refractivity contribution in [2.75, 3.05) is 5.32 Å². The molecule has 0 aliphatic carbocycles. The van der Waals surface area contributed by atoms with E-state index in [1.165, 1.54) is 6.20 Å². The first-order chi connectivity index (χ1) is 8.15. The van der Waals surface area contributed by atoms with E-state index in [0.717, 1.165) is 4.47 Å². The molecule has 0 spiro atoms. The van der Waals surface area contributed by atoms with E-state index < -0.39 is 0 Å².